The van der Waals surface area contributed by atoms with Crippen molar-refractivity contribution in [3.8, 4) is 0 Å². The number of quaternary nitrogens is 1. The maximum absolute atomic E-state index is 10.7. The van der Waals surface area contributed by atoms with Crippen LogP contribution in [0.15, 0.2) is 12.7 Å². The van der Waals surface area contributed by atoms with Crippen molar-refractivity contribution in [1.29, 1.82) is 0 Å². The lowest BCUT2D eigenvalue weighted by Crippen LogP contribution is -2.46. The molecular weight excluding hydrogens is 190 g/mol. The average molecular weight is 214 g/mol. The van der Waals surface area contributed by atoms with Gasteiger partial charge in [0, 0.05) is 6.08 Å². The van der Waals surface area contributed by atoms with E-state index < -0.39 is 0 Å². The van der Waals surface area contributed by atoms with Gasteiger partial charge in [-0.1, -0.05) is 6.58 Å². The summed E-state index contributed by atoms with van der Waals surface area (Å²) in [7, 11) is 4.45. The standard InChI is InChI=1S/C12H24NO2/c1-6-12(14)15-10-8-7-9-13(4,5)11(2)3/h6,11H,1,7-10H2,2-5H3/q+1. The van der Waals surface area contributed by atoms with Gasteiger partial charge in [-0.3, -0.25) is 0 Å². The number of unbranched alkanes of at least 4 members (excludes halogenated alkanes) is 1. The molecule has 0 heterocycles. The van der Waals surface area contributed by atoms with E-state index in [2.05, 4.69) is 34.5 Å². The van der Waals surface area contributed by atoms with Gasteiger partial charge in [0.1, 0.15) is 0 Å². The van der Waals surface area contributed by atoms with Crippen LogP contribution in [0.4, 0.5) is 0 Å². The second-order valence-corrected chi connectivity index (χ2v) is 4.67. The number of hydrogen-bond donors (Lipinski definition) is 0. The van der Waals surface area contributed by atoms with E-state index in [-0.39, 0.29) is 5.97 Å². The first kappa shape index (κ1) is 14.2. The molecule has 15 heavy (non-hydrogen) atoms. The van der Waals surface area contributed by atoms with Crippen molar-refractivity contribution in [3.63, 3.8) is 0 Å². The molecule has 0 fully saturated rings. The summed E-state index contributed by atoms with van der Waals surface area (Å²) in [4.78, 5) is 10.7. The van der Waals surface area contributed by atoms with Crippen molar-refractivity contribution < 1.29 is 14.0 Å². The highest BCUT2D eigenvalue weighted by molar-refractivity contribution is 5.81. The smallest absolute Gasteiger partial charge is 0.330 e. The highest BCUT2D eigenvalue weighted by Gasteiger charge is 2.18. The van der Waals surface area contributed by atoms with E-state index in [0.717, 1.165) is 23.9 Å². The maximum Gasteiger partial charge on any atom is 0.330 e. The monoisotopic (exact) mass is 214 g/mol. The fraction of sp³-hybridized carbons (Fsp3) is 0.750. The van der Waals surface area contributed by atoms with Crippen molar-refractivity contribution in [2.75, 3.05) is 27.2 Å². The molecule has 0 saturated carbocycles. The van der Waals surface area contributed by atoms with Crippen LogP contribution in [-0.2, 0) is 9.53 Å². The molecule has 0 aromatic carbocycles. The number of carbonyl (C=O) groups is 1. The van der Waals surface area contributed by atoms with E-state index in [1.165, 1.54) is 6.08 Å². The number of rotatable bonds is 7. The third kappa shape index (κ3) is 6.28. The molecule has 0 aromatic heterocycles. The Labute approximate surface area is 93.3 Å². The first-order chi connectivity index (χ1) is 6.90. The van der Waals surface area contributed by atoms with E-state index in [1.807, 2.05) is 0 Å². The molecule has 0 rings (SSSR count). The molecule has 3 nitrogen and oxygen atoms in total. The molecule has 0 aliphatic heterocycles. The van der Waals surface area contributed by atoms with Gasteiger partial charge in [-0.05, 0) is 26.7 Å². The molecule has 0 unspecified atom stereocenters. The number of ether oxygens (including phenoxy) is 1. The Hall–Kier alpha value is -0.830. The molecule has 3 heteroatoms. The van der Waals surface area contributed by atoms with Crippen molar-refractivity contribution in [2.24, 2.45) is 0 Å². The number of nitrogens with zero attached hydrogens (tertiary/aromatic N) is 1. The predicted molar refractivity (Wildman–Crippen MR) is 62.5 cm³/mol. The summed E-state index contributed by atoms with van der Waals surface area (Å²) in [5, 5.41) is 0. The van der Waals surface area contributed by atoms with E-state index in [4.69, 9.17) is 4.74 Å². The zero-order valence-electron chi connectivity index (χ0n) is 10.5. The molecule has 0 aliphatic rings. The summed E-state index contributed by atoms with van der Waals surface area (Å²) < 4.78 is 5.91. The van der Waals surface area contributed by atoms with Crippen LogP contribution in [0.5, 0.6) is 0 Å². The molecule has 0 bridgehead atoms. The Kier molecular flexibility index (Phi) is 6.25. The van der Waals surface area contributed by atoms with Gasteiger partial charge >= 0.3 is 5.97 Å². The third-order valence-electron chi connectivity index (χ3n) is 2.94. The summed E-state index contributed by atoms with van der Waals surface area (Å²) in [6.45, 7) is 9.40. The van der Waals surface area contributed by atoms with Crippen LogP contribution in [0, 0.1) is 0 Å². The molecule has 0 saturated heterocycles. The molecule has 0 atom stereocenters. The van der Waals surface area contributed by atoms with Gasteiger partial charge in [-0.15, -0.1) is 0 Å². The van der Waals surface area contributed by atoms with Crippen molar-refractivity contribution in [1.82, 2.24) is 0 Å². The SMILES string of the molecule is C=CC(=O)OCCCC[N+](C)(C)C(C)C. The summed E-state index contributed by atoms with van der Waals surface area (Å²) in [5.74, 6) is -0.326. The fourth-order valence-corrected chi connectivity index (χ4v) is 1.11. The van der Waals surface area contributed by atoms with Crippen molar-refractivity contribution in [2.45, 2.75) is 32.7 Å². The fourth-order valence-electron chi connectivity index (χ4n) is 1.11. The van der Waals surface area contributed by atoms with Gasteiger partial charge < -0.3 is 9.22 Å². The summed E-state index contributed by atoms with van der Waals surface area (Å²) >= 11 is 0. The molecule has 0 amide bonds. The van der Waals surface area contributed by atoms with E-state index in [1.54, 1.807) is 0 Å². The van der Waals surface area contributed by atoms with E-state index in [9.17, 15) is 4.79 Å². The van der Waals surface area contributed by atoms with Gasteiger partial charge in [0.25, 0.3) is 0 Å². The van der Waals surface area contributed by atoms with Crippen LogP contribution in [-0.4, -0.2) is 43.7 Å². The first-order valence-corrected chi connectivity index (χ1v) is 5.52. The van der Waals surface area contributed by atoms with Crippen molar-refractivity contribution in [3.05, 3.63) is 12.7 Å². The Morgan fingerprint density at radius 3 is 2.47 bits per heavy atom. The minimum atomic E-state index is -0.326. The van der Waals surface area contributed by atoms with Crippen LogP contribution in [0.2, 0.25) is 0 Å². The topological polar surface area (TPSA) is 26.3 Å². The second-order valence-electron chi connectivity index (χ2n) is 4.67. The Balaban J connectivity index is 3.54. The van der Waals surface area contributed by atoms with Crippen LogP contribution < -0.4 is 0 Å². The molecule has 0 aliphatic carbocycles. The number of esters is 1. The van der Waals surface area contributed by atoms with Crippen LogP contribution in [0.3, 0.4) is 0 Å². The molecule has 0 aromatic rings. The van der Waals surface area contributed by atoms with Crippen LogP contribution in [0.25, 0.3) is 0 Å². The summed E-state index contributed by atoms with van der Waals surface area (Å²) in [5.41, 5.74) is 0. The molecule has 0 N–H and O–H groups in total. The number of carbonyl (C=O) groups excluding carboxylic acids is 1. The Morgan fingerprint density at radius 2 is 2.00 bits per heavy atom. The normalized spacial score (nSPS) is 11.5. The highest BCUT2D eigenvalue weighted by atomic mass is 16.5. The largest absolute Gasteiger partial charge is 0.463 e. The lowest BCUT2D eigenvalue weighted by atomic mass is 10.2. The Bertz CT molecular complexity index is 210. The molecule has 0 spiro atoms. The van der Waals surface area contributed by atoms with Crippen LogP contribution in [0.1, 0.15) is 26.7 Å². The zero-order valence-corrected chi connectivity index (χ0v) is 10.5. The zero-order chi connectivity index (χ0) is 11.9. The lowest BCUT2D eigenvalue weighted by molar-refractivity contribution is -0.911. The van der Waals surface area contributed by atoms with E-state index in [0.29, 0.717) is 12.6 Å². The van der Waals surface area contributed by atoms with Gasteiger partial charge in [-0.25, -0.2) is 4.79 Å². The molecule has 0 radical (unpaired) electrons. The third-order valence-corrected chi connectivity index (χ3v) is 2.94. The van der Waals surface area contributed by atoms with Gasteiger partial charge in [0.2, 0.25) is 0 Å². The highest BCUT2D eigenvalue weighted by Crippen LogP contribution is 2.07. The minimum Gasteiger partial charge on any atom is -0.463 e. The lowest BCUT2D eigenvalue weighted by Gasteiger charge is -2.34. The molecular formula is C12H24NO2+. The first-order valence-electron chi connectivity index (χ1n) is 5.52. The minimum absolute atomic E-state index is 0.326. The van der Waals surface area contributed by atoms with Crippen LogP contribution >= 0.6 is 0 Å². The summed E-state index contributed by atoms with van der Waals surface area (Å²) in [6, 6.07) is 0.626. The van der Waals surface area contributed by atoms with Gasteiger partial charge in [-0.2, -0.15) is 0 Å². The summed E-state index contributed by atoms with van der Waals surface area (Å²) in [6.07, 6.45) is 3.21. The maximum atomic E-state index is 10.7. The predicted octanol–water partition coefficient (Wildman–Crippen LogP) is 1.98. The second kappa shape index (κ2) is 6.62. The van der Waals surface area contributed by atoms with E-state index >= 15 is 0 Å². The Morgan fingerprint density at radius 1 is 1.40 bits per heavy atom. The number of hydrogen-bond acceptors (Lipinski definition) is 2. The quantitative estimate of drug-likeness (QED) is 0.280. The van der Waals surface area contributed by atoms with Crippen molar-refractivity contribution >= 4 is 5.97 Å². The molecule has 88 valence electrons. The average Bonchev–Trinajstić information content (AvgIpc) is 2.16. The van der Waals surface area contributed by atoms with Gasteiger partial charge in [0.15, 0.2) is 0 Å². The van der Waals surface area contributed by atoms with Gasteiger partial charge in [0.05, 0.1) is 33.3 Å².